The second kappa shape index (κ2) is 6.47. The number of nitrogens with one attached hydrogen (secondary N) is 1. The molecule has 5 nitrogen and oxygen atoms in total. The van der Waals surface area contributed by atoms with Crippen molar-refractivity contribution < 1.29 is 4.79 Å². The van der Waals surface area contributed by atoms with E-state index >= 15 is 0 Å². The van der Waals surface area contributed by atoms with Gasteiger partial charge in [-0.25, -0.2) is 4.98 Å². The first-order valence-corrected chi connectivity index (χ1v) is 6.45. The van der Waals surface area contributed by atoms with Crippen molar-refractivity contribution in [2.24, 2.45) is 5.73 Å². The Kier molecular flexibility index (Phi) is 5.23. The second-order valence-corrected chi connectivity index (χ2v) is 5.07. The lowest BCUT2D eigenvalue weighted by Gasteiger charge is -2.15. The second-order valence-electron chi connectivity index (χ2n) is 4.63. The van der Waals surface area contributed by atoms with E-state index in [0.29, 0.717) is 23.8 Å². The van der Waals surface area contributed by atoms with Gasteiger partial charge in [-0.1, -0.05) is 12.2 Å². The Morgan fingerprint density at radius 1 is 1.47 bits per heavy atom. The lowest BCUT2D eigenvalue weighted by atomic mass is 10.1. The van der Waals surface area contributed by atoms with Gasteiger partial charge >= 0.3 is 0 Å². The molecule has 0 bridgehead atoms. The Morgan fingerprint density at radius 2 is 2.11 bits per heavy atom. The zero-order valence-corrected chi connectivity index (χ0v) is 12.6. The molecule has 0 aliphatic heterocycles. The minimum absolute atomic E-state index is 0.0637. The maximum Gasteiger partial charge on any atom is 0.223 e. The molecule has 0 aliphatic rings. The van der Waals surface area contributed by atoms with E-state index in [0.717, 1.165) is 16.8 Å². The number of rotatable bonds is 5. The van der Waals surface area contributed by atoms with Gasteiger partial charge in [-0.05, 0) is 25.5 Å². The van der Waals surface area contributed by atoms with Crippen LogP contribution in [-0.4, -0.2) is 41.4 Å². The number of nitrogens with zero attached hydrogens (tertiary/aromatic N) is 2. The van der Waals surface area contributed by atoms with Gasteiger partial charge < -0.3 is 16.0 Å². The fraction of sp³-hybridized carbons (Fsp3) is 0.462. The third-order valence-electron chi connectivity index (χ3n) is 2.72. The summed E-state index contributed by atoms with van der Waals surface area (Å²) in [6, 6.07) is 1.94. The normalized spacial score (nSPS) is 10.1. The number of aryl methyl sites for hydroxylation is 2. The first-order valence-electron chi connectivity index (χ1n) is 6.05. The van der Waals surface area contributed by atoms with Crippen LogP contribution in [0.25, 0.3) is 0 Å². The van der Waals surface area contributed by atoms with Crippen LogP contribution in [-0.2, 0) is 4.79 Å². The monoisotopic (exact) mass is 280 g/mol. The highest BCUT2D eigenvalue weighted by Crippen LogP contribution is 2.18. The SMILES string of the molecule is Cc1cc(C)c(C(N)=S)c(NCCC(=O)N(C)C)n1. The van der Waals surface area contributed by atoms with Crippen LogP contribution in [0.1, 0.15) is 23.2 Å². The van der Waals surface area contributed by atoms with Crippen molar-refractivity contribution in [1.82, 2.24) is 9.88 Å². The molecule has 0 fully saturated rings. The summed E-state index contributed by atoms with van der Waals surface area (Å²) in [5.41, 5.74) is 8.34. The average molecular weight is 280 g/mol. The molecule has 0 unspecified atom stereocenters. The smallest absolute Gasteiger partial charge is 0.223 e. The fourth-order valence-electron chi connectivity index (χ4n) is 1.79. The molecule has 1 amide bonds. The van der Waals surface area contributed by atoms with Gasteiger partial charge in [0, 0.05) is 32.8 Å². The molecule has 0 saturated heterocycles. The maximum atomic E-state index is 11.5. The summed E-state index contributed by atoms with van der Waals surface area (Å²) in [6.45, 7) is 4.36. The topological polar surface area (TPSA) is 71.2 Å². The number of carbonyl (C=O) groups is 1. The Labute approximate surface area is 119 Å². The van der Waals surface area contributed by atoms with Crippen molar-refractivity contribution >= 4 is 28.9 Å². The van der Waals surface area contributed by atoms with E-state index in [1.807, 2.05) is 19.9 Å². The summed E-state index contributed by atoms with van der Waals surface area (Å²) >= 11 is 5.05. The van der Waals surface area contributed by atoms with Gasteiger partial charge in [-0.15, -0.1) is 0 Å². The predicted molar refractivity (Wildman–Crippen MR) is 81.4 cm³/mol. The minimum Gasteiger partial charge on any atom is -0.389 e. The van der Waals surface area contributed by atoms with Gasteiger partial charge in [-0.2, -0.15) is 0 Å². The van der Waals surface area contributed by atoms with Crippen LogP contribution in [0.3, 0.4) is 0 Å². The van der Waals surface area contributed by atoms with Gasteiger partial charge in [-0.3, -0.25) is 4.79 Å². The van der Waals surface area contributed by atoms with E-state index < -0.39 is 0 Å². The van der Waals surface area contributed by atoms with Crippen LogP contribution in [0.15, 0.2) is 6.07 Å². The van der Waals surface area contributed by atoms with E-state index in [-0.39, 0.29) is 5.91 Å². The number of hydrogen-bond acceptors (Lipinski definition) is 4. The van der Waals surface area contributed by atoms with E-state index in [9.17, 15) is 4.79 Å². The highest BCUT2D eigenvalue weighted by atomic mass is 32.1. The average Bonchev–Trinajstić information content (AvgIpc) is 2.26. The number of anilines is 1. The van der Waals surface area contributed by atoms with Crippen molar-refractivity contribution in [1.29, 1.82) is 0 Å². The fourth-order valence-corrected chi connectivity index (χ4v) is 2.04. The van der Waals surface area contributed by atoms with Crippen LogP contribution in [0.5, 0.6) is 0 Å². The highest BCUT2D eigenvalue weighted by Gasteiger charge is 2.12. The number of thiocarbonyl (C=S) groups is 1. The lowest BCUT2D eigenvalue weighted by Crippen LogP contribution is -2.25. The quantitative estimate of drug-likeness (QED) is 0.794. The van der Waals surface area contributed by atoms with Crippen molar-refractivity contribution in [2.45, 2.75) is 20.3 Å². The van der Waals surface area contributed by atoms with Crippen molar-refractivity contribution in [3.05, 3.63) is 22.9 Å². The molecule has 1 heterocycles. The number of carbonyl (C=O) groups excluding carboxylic acids is 1. The molecule has 1 rings (SSSR count). The molecule has 19 heavy (non-hydrogen) atoms. The van der Waals surface area contributed by atoms with Crippen LogP contribution in [0, 0.1) is 13.8 Å². The first-order chi connectivity index (χ1) is 8.82. The molecule has 0 radical (unpaired) electrons. The maximum absolute atomic E-state index is 11.5. The number of nitrogens with two attached hydrogens (primary N) is 1. The first kappa shape index (κ1) is 15.4. The molecular weight excluding hydrogens is 260 g/mol. The van der Waals surface area contributed by atoms with E-state index in [2.05, 4.69) is 10.3 Å². The summed E-state index contributed by atoms with van der Waals surface area (Å²) in [5, 5.41) is 3.14. The molecule has 0 aliphatic carbocycles. The van der Waals surface area contributed by atoms with Gasteiger partial charge in [0.2, 0.25) is 5.91 Å². The third kappa shape index (κ3) is 4.17. The van der Waals surface area contributed by atoms with E-state index in [1.54, 1.807) is 19.0 Å². The largest absolute Gasteiger partial charge is 0.389 e. The Balaban J connectivity index is 2.83. The zero-order valence-electron chi connectivity index (χ0n) is 11.8. The third-order valence-corrected chi connectivity index (χ3v) is 2.93. The number of amides is 1. The van der Waals surface area contributed by atoms with Gasteiger partial charge in [0.1, 0.15) is 10.8 Å². The molecule has 0 spiro atoms. The van der Waals surface area contributed by atoms with Crippen LogP contribution >= 0.6 is 12.2 Å². The summed E-state index contributed by atoms with van der Waals surface area (Å²) in [4.78, 5) is 17.8. The highest BCUT2D eigenvalue weighted by molar-refractivity contribution is 7.80. The molecule has 3 N–H and O–H groups in total. The van der Waals surface area contributed by atoms with E-state index in [4.69, 9.17) is 18.0 Å². The van der Waals surface area contributed by atoms with Gasteiger partial charge in [0.25, 0.3) is 0 Å². The van der Waals surface area contributed by atoms with Crippen molar-refractivity contribution in [3.63, 3.8) is 0 Å². The van der Waals surface area contributed by atoms with Crippen molar-refractivity contribution in [3.8, 4) is 0 Å². The molecule has 104 valence electrons. The summed E-state index contributed by atoms with van der Waals surface area (Å²) in [7, 11) is 3.47. The summed E-state index contributed by atoms with van der Waals surface area (Å²) in [6.07, 6.45) is 0.401. The molecule has 1 aromatic rings. The van der Waals surface area contributed by atoms with E-state index in [1.165, 1.54) is 0 Å². The predicted octanol–water partition coefficient (Wildman–Crippen LogP) is 1.22. The number of aromatic nitrogens is 1. The van der Waals surface area contributed by atoms with Crippen LogP contribution in [0.4, 0.5) is 5.82 Å². The zero-order chi connectivity index (χ0) is 14.6. The molecular formula is C13H20N4OS. The Hall–Kier alpha value is -1.69. The Bertz CT molecular complexity index is 500. The number of hydrogen-bond donors (Lipinski definition) is 2. The molecule has 1 aromatic heterocycles. The Morgan fingerprint density at radius 3 is 2.63 bits per heavy atom. The lowest BCUT2D eigenvalue weighted by molar-refractivity contribution is -0.128. The van der Waals surface area contributed by atoms with Gasteiger partial charge in [0.05, 0.1) is 5.56 Å². The minimum atomic E-state index is 0.0637. The molecule has 0 atom stereocenters. The van der Waals surface area contributed by atoms with Gasteiger partial charge in [0.15, 0.2) is 0 Å². The standard InChI is InChI=1S/C13H20N4OS/c1-8-7-9(2)16-13(11(8)12(14)19)15-6-5-10(18)17(3)4/h7H,5-6H2,1-4H3,(H2,14,19)(H,15,16). The molecule has 0 aromatic carbocycles. The molecule has 0 saturated carbocycles. The van der Waals surface area contributed by atoms with Crippen LogP contribution < -0.4 is 11.1 Å². The van der Waals surface area contributed by atoms with Crippen LogP contribution in [0.2, 0.25) is 0 Å². The number of pyridine rings is 1. The van der Waals surface area contributed by atoms with Crippen molar-refractivity contribution in [2.75, 3.05) is 26.0 Å². The summed E-state index contributed by atoms with van der Waals surface area (Å²) in [5.74, 6) is 0.713. The molecule has 6 heteroatoms. The summed E-state index contributed by atoms with van der Waals surface area (Å²) < 4.78 is 0.